The molecule has 0 aliphatic carbocycles. The zero-order chi connectivity index (χ0) is 12.9. The van der Waals surface area contributed by atoms with Gasteiger partial charge in [-0.25, -0.2) is 0 Å². The van der Waals surface area contributed by atoms with Gasteiger partial charge in [0.2, 0.25) is 0 Å². The van der Waals surface area contributed by atoms with Crippen LogP contribution in [-0.4, -0.2) is 11.2 Å². The zero-order valence-electron chi connectivity index (χ0n) is 10.9. The fraction of sp³-hybridized carbons (Fsp3) is 0.857. The monoisotopic (exact) mass is 248 g/mol. The van der Waals surface area contributed by atoms with Gasteiger partial charge in [-0.05, 0) is 6.42 Å². The lowest BCUT2D eigenvalue weighted by molar-refractivity contribution is 0.201. The van der Waals surface area contributed by atoms with Crippen LogP contribution in [0.1, 0.15) is 71.1 Å². The fourth-order valence-electron chi connectivity index (χ4n) is 1.89. The normalized spacial score (nSPS) is 12.5. The van der Waals surface area contributed by atoms with Crippen molar-refractivity contribution in [3.63, 3.8) is 0 Å². The third-order valence-electron chi connectivity index (χ3n) is 2.92. The molecule has 0 radical (unpaired) electrons. The van der Waals surface area contributed by atoms with Crippen molar-refractivity contribution >= 4 is 0 Å². The van der Waals surface area contributed by atoms with E-state index in [1.807, 2.05) is 0 Å². The Kier molecular flexibility index (Phi) is 11.7. The molecule has 0 saturated heterocycles. The molecule has 0 aliphatic rings. The number of hydrogen-bond donors (Lipinski definition) is 1. The van der Waals surface area contributed by atoms with E-state index >= 15 is 0 Å². The Morgan fingerprint density at radius 3 is 1.88 bits per heavy atom. The molecule has 0 heterocycles. The Morgan fingerprint density at radius 1 is 0.941 bits per heavy atom. The van der Waals surface area contributed by atoms with Crippen LogP contribution in [0.5, 0.6) is 0 Å². The van der Waals surface area contributed by atoms with Crippen LogP contribution in [0.3, 0.4) is 0 Å². The minimum Gasteiger partial charge on any atom is -0.389 e. The topological polar surface area (TPSA) is 20.2 Å². The molecule has 17 heavy (non-hydrogen) atoms. The van der Waals surface area contributed by atoms with Crippen molar-refractivity contribution in [2.45, 2.75) is 77.2 Å². The highest BCUT2D eigenvalue weighted by Crippen LogP contribution is 2.12. The number of unbranched alkanes of at least 4 members (excludes halogenated alkanes) is 8. The van der Waals surface area contributed by atoms with Gasteiger partial charge in [-0.15, -0.1) is 0 Å². The summed E-state index contributed by atoms with van der Waals surface area (Å²) in [5, 5.41) is 9.16. The van der Waals surface area contributed by atoms with Crippen molar-refractivity contribution in [2.75, 3.05) is 0 Å². The highest BCUT2D eigenvalue weighted by atomic mass is 19.3. The maximum absolute atomic E-state index is 11.8. The number of aliphatic hydroxyl groups is 1. The summed E-state index contributed by atoms with van der Waals surface area (Å²) in [4.78, 5) is 0. The molecule has 0 aromatic rings. The van der Waals surface area contributed by atoms with E-state index in [0.717, 1.165) is 19.3 Å². The summed E-state index contributed by atoms with van der Waals surface area (Å²) in [7, 11) is 0. The summed E-state index contributed by atoms with van der Waals surface area (Å²) in [6, 6.07) is 0. The lowest BCUT2D eigenvalue weighted by atomic mass is 10.1. The van der Waals surface area contributed by atoms with Crippen LogP contribution in [0, 0.1) is 0 Å². The molecule has 102 valence electrons. The molecule has 0 rings (SSSR count). The molecule has 3 heteroatoms. The van der Waals surface area contributed by atoms with E-state index in [2.05, 4.69) is 6.92 Å². The average molecular weight is 248 g/mol. The van der Waals surface area contributed by atoms with Gasteiger partial charge in [-0.2, -0.15) is 8.78 Å². The summed E-state index contributed by atoms with van der Waals surface area (Å²) in [6.45, 7) is 2.21. The summed E-state index contributed by atoms with van der Waals surface area (Å²) in [5.41, 5.74) is 0. The van der Waals surface area contributed by atoms with Crippen molar-refractivity contribution in [1.82, 2.24) is 0 Å². The Hall–Kier alpha value is -0.440. The molecule has 0 aliphatic heterocycles. The quantitative estimate of drug-likeness (QED) is 0.507. The summed E-state index contributed by atoms with van der Waals surface area (Å²) < 4.78 is 23.5. The van der Waals surface area contributed by atoms with Gasteiger partial charge in [0.1, 0.15) is 0 Å². The molecule has 1 nitrogen and oxygen atoms in total. The second-order valence-electron chi connectivity index (χ2n) is 4.64. The van der Waals surface area contributed by atoms with Crippen LogP contribution in [0.25, 0.3) is 0 Å². The van der Waals surface area contributed by atoms with E-state index in [0.29, 0.717) is 12.5 Å². The maximum Gasteiger partial charge on any atom is 0.268 e. The number of halogens is 2. The molecule has 0 fully saturated rings. The molecule has 1 unspecified atom stereocenters. The molecule has 0 saturated carbocycles. The van der Waals surface area contributed by atoms with Crippen LogP contribution < -0.4 is 0 Å². The minimum absolute atomic E-state index is 0.452. The summed E-state index contributed by atoms with van der Waals surface area (Å²) in [5.74, 6) is 0. The van der Waals surface area contributed by atoms with Crippen LogP contribution in [0.15, 0.2) is 12.2 Å². The van der Waals surface area contributed by atoms with Crippen molar-refractivity contribution in [3.8, 4) is 0 Å². The number of aliphatic hydroxyl groups excluding tert-OH is 1. The van der Waals surface area contributed by atoms with Gasteiger partial charge in [-0.1, -0.05) is 64.7 Å². The van der Waals surface area contributed by atoms with E-state index in [1.165, 1.54) is 38.5 Å². The van der Waals surface area contributed by atoms with Crippen LogP contribution in [-0.2, 0) is 0 Å². The summed E-state index contributed by atoms with van der Waals surface area (Å²) in [6.07, 6.45) is 9.10. The van der Waals surface area contributed by atoms with Gasteiger partial charge >= 0.3 is 0 Å². The second kappa shape index (κ2) is 12.0. The SMILES string of the molecule is CCCCCCCCCCCC(O)C=C(F)F. The lowest BCUT2D eigenvalue weighted by Gasteiger charge is -2.05. The standard InChI is InChI=1S/C14H26F2O/c1-2-3-4-5-6-7-8-9-10-11-13(17)12-14(15)16/h12-13,17H,2-11H2,1H3. The average Bonchev–Trinajstić information content (AvgIpc) is 2.26. The molecular formula is C14H26F2O. The minimum atomic E-state index is -1.78. The first-order valence-corrected chi connectivity index (χ1v) is 6.87. The van der Waals surface area contributed by atoms with E-state index in [9.17, 15) is 8.78 Å². The summed E-state index contributed by atoms with van der Waals surface area (Å²) >= 11 is 0. The first-order chi connectivity index (χ1) is 8.16. The van der Waals surface area contributed by atoms with Crippen LogP contribution >= 0.6 is 0 Å². The number of rotatable bonds is 11. The predicted octanol–water partition coefficient (Wildman–Crippen LogP) is 5.05. The zero-order valence-corrected chi connectivity index (χ0v) is 10.9. The fourth-order valence-corrected chi connectivity index (χ4v) is 1.89. The third-order valence-corrected chi connectivity index (χ3v) is 2.92. The molecule has 0 aromatic heterocycles. The Morgan fingerprint density at radius 2 is 1.41 bits per heavy atom. The van der Waals surface area contributed by atoms with Gasteiger partial charge in [0.25, 0.3) is 6.08 Å². The first kappa shape index (κ1) is 16.6. The van der Waals surface area contributed by atoms with Crippen molar-refractivity contribution in [2.24, 2.45) is 0 Å². The van der Waals surface area contributed by atoms with Gasteiger partial charge in [-0.3, -0.25) is 0 Å². The number of hydrogen-bond acceptors (Lipinski definition) is 1. The smallest absolute Gasteiger partial charge is 0.268 e. The van der Waals surface area contributed by atoms with Gasteiger partial charge in [0.15, 0.2) is 0 Å². The maximum atomic E-state index is 11.8. The predicted molar refractivity (Wildman–Crippen MR) is 68.1 cm³/mol. The molecule has 0 spiro atoms. The van der Waals surface area contributed by atoms with E-state index in [1.54, 1.807) is 0 Å². The lowest BCUT2D eigenvalue weighted by Crippen LogP contribution is -2.01. The molecular weight excluding hydrogens is 222 g/mol. The Bertz CT molecular complexity index is 189. The highest BCUT2D eigenvalue weighted by Gasteiger charge is 2.02. The Balaban J connectivity index is 3.16. The molecule has 0 bridgehead atoms. The molecule has 0 aromatic carbocycles. The molecule has 1 atom stereocenters. The Labute approximate surface area is 104 Å². The van der Waals surface area contributed by atoms with Gasteiger partial charge in [0, 0.05) is 6.08 Å². The molecule has 0 amide bonds. The molecule has 1 N–H and O–H groups in total. The first-order valence-electron chi connectivity index (χ1n) is 6.87. The van der Waals surface area contributed by atoms with Crippen molar-refractivity contribution < 1.29 is 13.9 Å². The van der Waals surface area contributed by atoms with E-state index < -0.39 is 12.2 Å². The van der Waals surface area contributed by atoms with Crippen molar-refractivity contribution in [1.29, 1.82) is 0 Å². The van der Waals surface area contributed by atoms with E-state index in [-0.39, 0.29) is 0 Å². The second-order valence-corrected chi connectivity index (χ2v) is 4.64. The van der Waals surface area contributed by atoms with E-state index in [4.69, 9.17) is 5.11 Å². The highest BCUT2D eigenvalue weighted by molar-refractivity contribution is 4.87. The van der Waals surface area contributed by atoms with Crippen molar-refractivity contribution in [3.05, 3.63) is 12.2 Å². The third kappa shape index (κ3) is 13.5. The van der Waals surface area contributed by atoms with Crippen LogP contribution in [0.2, 0.25) is 0 Å². The van der Waals surface area contributed by atoms with Gasteiger partial charge in [0.05, 0.1) is 6.10 Å². The van der Waals surface area contributed by atoms with Crippen LogP contribution in [0.4, 0.5) is 8.78 Å². The van der Waals surface area contributed by atoms with Gasteiger partial charge < -0.3 is 5.11 Å². The largest absolute Gasteiger partial charge is 0.389 e.